The summed E-state index contributed by atoms with van der Waals surface area (Å²) >= 11 is 0. The number of benzene rings is 1. The molecule has 1 aliphatic carbocycles. The molecular formula is C19H32N2O. The average Bonchev–Trinajstić information content (AvgIpc) is 3.24. The molecule has 0 radical (unpaired) electrons. The van der Waals surface area contributed by atoms with Gasteiger partial charge >= 0.3 is 0 Å². The zero-order valence-electron chi connectivity index (χ0n) is 15.4. The molecule has 1 saturated heterocycles. The van der Waals surface area contributed by atoms with Crippen LogP contribution in [0, 0.1) is 27.7 Å². The molecule has 0 spiro atoms. The first-order valence-corrected chi connectivity index (χ1v) is 8.47. The highest BCUT2D eigenvalue weighted by molar-refractivity contribution is 5.74. The second-order valence-electron chi connectivity index (χ2n) is 5.61. The molecule has 3 heteroatoms. The minimum Gasteiger partial charge on any atom is -0.463 e. The molecule has 1 aromatic rings. The zero-order chi connectivity index (χ0) is 16.7. The van der Waals surface area contributed by atoms with E-state index >= 15 is 0 Å². The number of hydrogen-bond acceptors (Lipinski definition) is 2. The van der Waals surface area contributed by atoms with Crippen molar-refractivity contribution in [3.63, 3.8) is 0 Å². The Bertz CT molecular complexity index is 490. The molecule has 0 bridgehead atoms. The van der Waals surface area contributed by atoms with Crippen molar-refractivity contribution in [3.8, 4) is 0 Å². The number of fused-ring (bicyclic) bond motifs is 1. The van der Waals surface area contributed by atoms with Crippen LogP contribution in [0.5, 0.6) is 0 Å². The number of hydrogen-bond donors (Lipinski definition) is 1. The highest BCUT2D eigenvalue weighted by Crippen LogP contribution is 2.32. The summed E-state index contributed by atoms with van der Waals surface area (Å²) < 4.78 is 4.94. The van der Waals surface area contributed by atoms with Crippen LogP contribution in [0.3, 0.4) is 0 Å². The monoisotopic (exact) mass is 304 g/mol. The van der Waals surface area contributed by atoms with Gasteiger partial charge in [0.2, 0.25) is 0 Å². The molecule has 0 atom stereocenters. The van der Waals surface area contributed by atoms with Crippen LogP contribution in [0.15, 0.2) is 4.99 Å². The molecule has 0 saturated carbocycles. The van der Waals surface area contributed by atoms with Crippen molar-refractivity contribution >= 4 is 6.02 Å². The van der Waals surface area contributed by atoms with Gasteiger partial charge in [0.1, 0.15) is 6.61 Å². The highest BCUT2D eigenvalue weighted by Gasteiger charge is 2.18. The van der Waals surface area contributed by atoms with Gasteiger partial charge in [-0.2, -0.15) is 0 Å². The molecule has 124 valence electrons. The summed E-state index contributed by atoms with van der Waals surface area (Å²) in [7, 11) is 1.70. The molecule has 3 rings (SSSR count). The van der Waals surface area contributed by atoms with Gasteiger partial charge in [0.05, 0.1) is 6.54 Å². The lowest BCUT2D eigenvalue weighted by molar-refractivity contribution is 0.352. The molecule has 3 nitrogen and oxygen atoms in total. The third-order valence-corrected chi connectivity index (χ3v) is 4.63. The second-order valence-corrected chi connectivity index (χ2v) is 5.61. The molecule has 2 aliphatic rings. The fourth-order valence-electron chi connectivity index (χ4n) is 3.09. The second kappa shape index (κ2) is 8.82. The van der Waals surface area contributed by atoms with E-state index in [0.29, 0.717) is 6.02 Å². The predicted octanol–water partition coefficient (Wildman–Crippen LogP) is 4.03. The lowest BCUT2D eigenvalue weighted by Gasteiger charge is -2.15. The molecule has 0 unspecified atom stereocenters. The third-order valence-electron chi connectivity index (χ3n) is 4.63. The molecule has 1 fully saturated rings. The summed E-state index contributed by atoms with van der Waals surface area (Å²) in [6.45, 7) is 14.7. The van der Waals surface area contributed by atoms with Gasteiger partial charge in [-0.05, 0) is 80.3 Å². The van der Waals surface area contributed by atoms with Gasteiger partial charge in [0, 0.05) is 7.05 Å². The molecule has 1 heterocycles. The Morgan fingerprint density at radius 2 is 1.36 bits per heavy atom. The van der Waals surface area contributed by atoms with E-state index in [4.69, 9.17) is 4.74 Å². The standard InChI is InChI=1S/C13H18.C4H8N2O.C2H6/c1-8-9(2)11(4)13-7-5-6-12(13)10(8)3;1-5-4-6-2-3-7-4;1-2/h5-7H2,1-4H3;2-3H2,1H3,(H,5,6);1-2H3. The maximum atomic E-state index is 4.94. The van der Waals surface area contributed by atoms with Gasteiger partial charge in [-0.25, -0.2) is 4.99 Å². The van der Waals surface area contributed by atoms with E-state index in [9.17, 15) is 0 Å². The topological polar surface area (TPSA) is 33.6 Å². The first kappa shape index (κ1) is 18.5. The Labute approximate surface area is 136 Å². The minimum absolute atomic E-state index is 0.667. The van der Waals surface area contributed by atoms with E-state index in [1.807, 2.05) is 13.8 Å². The number of aliphatic imine (C=N–C) groups is 1. The van der Waals surface area contributed by atoms with Crippen molar-refractivity contribution in [2.75, 3.05) is 20.2 Å². The van der Waals surface area contributed by atoms with Crippen LogP contribution in [-0.2, 0) is 17.6 Å². The Morgan fingerprint density at radius 3 is 1.68 bits per heavy atom. The Kier molecular flexibility index (Phi) is 7.43. The van der Waals surface area contributed by atoms with Gasteiger partial charge in [-0.15, -0.1) is 0 Å². The van der Waals surface area contributed by atoms with Crippen molar-refractivity contribution in [2.24, 2.45) is 4.99 Å². The number of nitrogens with one attached hydrogen (secondary N) is 1. The number of nitrogens with zero attached hydrogens (tertiary/aromatic N) is 1. The maximum Gasteiger partial charge on any atom is 0.284 e. The number of rotatable bonds is 0. The third kappa shape index (κ3) is 4.02. The van der Waals surface area contributed by atoms with Crippen LogP contribution in [0.1, 0.15) is 53.6 Å². The Balaban J connectivity index is 0.000000228. The first-order chi connectivity index (χ1) is 10.6. The van der Waals surface area contributed by atoms with Crippen molar-refractivity contribution in [2.45, 2.75) is 60.8 Å². The summed E-state index contributed by atoms with van der Waals surface area (Å²) in [5.74, 6) is 0. The number of amidine groups is 1. The molecule has 1 aliphatic heterocycles. The van der Waals surface area contributed by atoms with Crippen LogP contribution in [0.2, 0.25) is 0 Å². The summed E-state index contributed by atoms with van der Waals surface area (Å²) in [6, 6.07) is 0.667. The Hall–Kier alpha value is -1.51. The number of ether oxygens (including phenoxy) is 1. The van der Waals surface area contributed by atoms with E-state index in [0.717, 1.165) is 13.2 Å². The van der Waals surface area contributed by atoms with Crippen LogP contribution in [0.4, 0.5) is 0 Å². The Morgan fingerprint density at radius 1 is 0.864 bits per heavy atom. The summed E-state index contributed by atoms with van der Waals surface area (Å²) in [4.78, 5) is 3.77. The first-order valence-electron chi connectivity index (χ1n) is 8.47. The summed E-state index contributed by atoms with van der Waals surface area (Å²) in [5.41, 5.74) is 9.43. The van der Waals surface area contributed by atoms with Crippen LogP contribution >= 0.6 is 0 Å². The van der Waals surface area contributed by atoms with E-state index in [1.54, 1.807) is 29.3 Å². The normalized spacial score (nSPS) is 16.8. The SMILES string of the molecule is CC.CN=C1NCCO1.Cc1c(C)c(C)c2c(c1C)CCC2. The fraction of sp³-hybridized carbons (Fsp3) is 0.632. The van der Waals surface area contributed by atoms with Crippen LogP contribution < -0.4 is 5.32 Å². The quantitative estimate of drug-likeness (QED) is 0.785. The lowest BCUT2D eigenvalue weighted by atomic mass is 9.90. The molecule has 1 aromatic carbocycles. The molecule has 0 aromatic heterocycles. The van der Waals surface area contributed by atoms with Crippen molar-refractivity contribution in [1.82, 2.24) is 5.32 Å². The summed E-state index contributed by atoms with van der Waals surface area (Å²) in [6.07, 6.45) is 3.98. The van der Waals surface area contributed by atoms with Gasteiger partial charge in [-0.1, -0.05) is 13.8 Å². The molecule has 22 heavy (non-hydrogen) atoms. The van der Waals surface area contributed by atoms with E-state index in [-0.39, 0.29) is 0 Å². The van der Waals surface area contributed by atoms with Crippen molar-refractivity contribution in [3.05, 3.63) is 33.4 Å². The van der Waals surface area contributed by atoms with E-state index < -0.39 is 0 Å². The van der Waals surface area contributed by atoms with Gasteiger partial charge < -0.3 is 10.1 Å². The molecule has 1 N–H and O–H groups in total. The fourth-order valence-corrected chi connectivity index (χ4v) is 3.09. The molecule has 0 amide bonds. The van der Waals surface area contributed by atoms with Gasteiger partial charge in [-0.3, -0.25) is 0 Å². The zero-order valence-corrected chi connectivity index (χ0v) is 15.4. The largest absolute Gasteiger partial charge is 0.463 e. The predicted molar refractivity (Wildman–Crippen MR) is 96.1 cm³/mol. The minimum atomic E-state index is 0.667. The summed E-state index contributed by atoms with van der Waals surface area (Å²) in [5, 5.41) is 2.93. The highest BCUT2D eigenvalue weighted by atomic mass is 16.5. The van der Waals surface area contributed by atoms with Crippen LogP contribution in [0.25, 0.3) is 0 Å². The van der Waals surface area contributed by atoms with Gasteiger partial charge in [0.15, 0.2) is 0 Å². The smallest absolute Gasteiger partial charge is 0.284 e. The van der Waals surface area contributed by atoms with Crippen molar-refractivity contribution in [1.29, 1.82) is 0 Å². The molecular weight excluding hydrogens is 272 g/mol. The lowest BCUT2D eigenvalue weighted by Crippen LogP contribution is -2.14. The van der Waals surface area contributed by atoms with Crippen molar-refractivity contribution < 1.29 is 4.74 Å². The van der Waals surface area contributed by atoms with E-state index in [2.05, 4.69) is 38.0 Å². The van der Waals surface area contributed by atoms with E-state index in [1.165, 1.54) is 30.4 Å². The van der Waals surface area contributed by atoms with Crippen LogP contribution in [-0.4, -0.2) is 26.2 Å². The average molecular weight is 304 g/mol. The maximum absolute atomic E-state index is 4.94. The van der Waals surface area contributed by atoms with Gasteiger partial charge in [0.25, 0.3) is 6.02 Å².